The first-order chi connectivity index (χ1) is 25.2. The fourth-order valence-corrected chi connectivity index (χ4v) is 8.77. The summed E-state index contributed by atoms with van der Waals surface area (Å²) in [5.41, 5.74) is 0.174. The largest absolute Gasteiger partial charge is 0.227 e. The first kappa shape index (κ1) is 51.2. The van der Waals surface area contributed by atoms with Crippen LogP contribution in [0.15, 0.2) is 0 Å². The highest BCUT2D eigenvalue weighted by Gasteiger charge is 2.27. The molecule has 0 radical (unpaired) electrons. The highest BCUT2D eigenvalue weighted by Crippen LogP contribution is 2.30. The second-order valence-corrected chi connectivity index (χ2v) is 17.6. The Morgan fingerprint density at radius 1 is 0.235 bits per heavy atom. The molecule has 0 heterocycles. The number of unbranched alkanes of at least 4 members (excludes halogenated alkanes) is 39. The van der Waals surface area contributed by atoms with Crippen molar-refractivity contribution in [3.63, 3.8) is 0 Å². The van der Waals surface area contributed by atoms with Gasteiger partial charge in [0, 0.05) is 5.54 Å². The number of hydrogen-bond acceptors (Lipinski definition) is 1. The van der Waals surface area contributed by atoms with E-state index in [0.29, 0.717) is 0 Å². The normalized spacial score (nSPS) is 12.0. The van der Waals surface area contributed by atoms with Gasteiger partial charge >= 0.3 is 0 Å². The van der Waals surface area contributed by atoms with Crippen molar-refractivity contribution in [1.29, 1.82) is 0 Å². The molecule has 0 bridgehead atoms. The summed E-state index contributed by atoms with van der Waals surface area (Å²) in [4.78, 5) is 3.43. The minimum absolute atomic E-state index is 0.174. The summed E-state index contributed by atoms with van der Waals surface area (Å²) < 4.78 is 0. The van der Waals surface area contributed by atoms with Gasteiger partial charge in [0.2, 0.25) is 0 Å². The van der Waals surface area contributed by atoms with E-state index in [0.717, 1.165) is 0 Å². The molecule has 0 saturated heterocycles. The molecule has 308 valence electrons. The molecule has 0 aromatic heterocycles. The Hall–Kier alpha value is 0.250. The smallest absolute Gasteiger partial charge is 0.0331 e. The summed E-state index contributed by atoms with van der Waals surface area (Å²) in [5, 5.41) is 0. The molecule has 0 atom stereocenters. The van der Waals surface area contributed by atoms with E-state index in [-0.39, 0.29) is 5.54 Å². The molecule has 0 fully saturated rings. The van der Waals surface area contributed by atoms with Crippen molar-refractivity contribution in [2.24, 2.45) is 0 Å². The number of hydrogen-bond donors (Lipinski definition) is 1. The maximum atomic E-state index is 6.65. The minimum Gasteiger partial charge on any atom is -0.227 e. The van der Waals surface area contributed by atoms with E-state index in [1.807, 2.05) is 0 Å². The maximum absolute atomic E-state index is 6.65. The Morgan fingerprint density at radius 3 is 0.510 bits per heavy atom. The lowest BCUT2D eigenvalue weighted by atomic mass is 9.82. The third-order valence-electron chi connectivity index (χ3n) is 12.2. The van der Waals surface area contributed by atoms with Crippen LogP contribution in [0.4, 0.5) is 0 Å². The van der Waals surface area contributed by atoms with E-state index in [4.69, 9.17) is 11.8 Å². The lowest BCUT2D eigenvalue weighted by Gasteiger charge is -2.33. The Bertz CT molecular complexity index is 526. The SMILES string of the molecule is CCCCCCCCCCCCCCCCC(CCCCCCCCCCCCCCCC)(CCCCCCCCCCCCCCCC)NCl. The molecule has 0 rings (SSSR count). The van der Waals surface area contributed by atoms with Crippen LogP contribution in [0.5, 0.6) is 0 Å². The Kier molecular flexibility index (Phi) is 44.9. The average molecular weight is 739 g/mol. The third kappa shape index (κ3) is 39.7. The van der Waals surface area contributed by atoms with Crippen LogP contribution < -0.4 is 4.84 Å². The number of halogens is 1. The van der Waals surface area contributed by atoms with Gasteiger partial charge in [-0.3, -0.25) is 0 Å². The van der Waals surface area contributed by atoms with E-state index in [9.17, 15) is 0 Å². The zero-order valence-electron chi connectivity index (χ0n) is 36.2. The second-order valence-electron chi connectivity index (χ2n) is 17.4. The lowest BCUT2D eigenvalue weighted by molar-refractivity contribution is 0.278. The maximum Gasteiger partial charge on any atom is 0.0331 e. The van der Waals surface area contributed by atoms with E-state index in [1.165, 1.54) is 289 Å². The van der Waals surface area contributed by atoms with Gasteiger partial charge in [0.1, 0.15) is 0 Å². The molecule has 0 spiro atoms. The zero-order valence-corrected chi connectivity index (χ0v) is 37.0. The van der Waals surface area contributed by atoms with Crippen molar-refractivity contribution in [2.75, 3.05) is 0 Å². The summed E-state index contributed by atoms with van der Waals surface area (Å²) >= 11 is 6.65. The number of nitrogens with one attached hydrogen (secondary N) is 1. The van der Waals surface area contributed by atoms with Gasteiger partial charge in [0.25, 0.3) is 0 Å². The van der Waals surface area contributed by atoms with Crippen LogP contribution in [0.2, 0.25) is 0 Å². The van der Waals surface area contributed by atoms with Gasteiger partial charge in [0.05, 0.1) is 0 Å². The van der Waals surface area contributed by atoms with Crippen LogP contribution >= 0.6 is 11.8 Å². The first-order valence-electron chi connectivity index (χ1n) is 24.6. The van der Waals surface area contributed by atoms with Gasteiger partial charge in [-0.05, 0) is 31.0 Å². The molecule has 0 aliphatic rings. The van der Waals surface area contributed by atoms with Crippen molar-refractivity contribution in [3.05, 3.63) is 0 Å². The van der Waals surface area contributed by atoms with Crippen LogP contribution in [0.1, 0.15) is 310 Å². The first-order valence-corrected chi connectivity index (χ1v) is 25.0. The molecule has 0 aromatic rings. The second kappa shape index (κ2) is 44.6. The summed E-state index contributed by atoms with van der Waals surface area (Å²) in [7, 11) is 0. The molecule has 0 aliphatic carbocycles. The predicted octanol–water partition coefficient (Wildman–Crippen LogP) is 19.1. The lowest BCUT2D eigenvalue weighted by Crippen LogP contribution is -2.40. The van der Waals surface area contributed by atoms with Gasteiger partial charge in [-0.25, -0.2) is 4.84 Å². The fraction of sp³-hybridized carbons (Fsp3) is 1.00. The average Bonchev–Trinajstić information content (AvgIpc) is 3.14. The van der Waals surface area contributed by atoms with Crippen molar-refractivity contribution in [1.82, 2.24) is 4.84 Å². The van der Waals surface area contributed by atoms with Crippen LogP contribution in [0.25, 0.3) is 0 Å². The monoisotopic (exact) mass is 738 g/mol. The van der Waals surface area contributed by atoms with Gasteiger partial charge in [-0.1, -0.05) is 290 Å². The Balaban J connectivity index is 4.20. The van der Waals surface area contributed by atoms with Crippen LogP contribution in [0.3, 0.4) is 0 Å². The molecule has 2 heteroatoms. The molecule has 0 aliphatic heterocycles. The van der Waals surface area contributed by atoms with Crippen molar-refractivity contribution < 1.29 is 0 Å². The summed E-state index contributed by atoms with van der Waals surface area (Å²) in [6.45, 7) is 6.94. The van der Waals surface area contributed by atoms with E-state index in [1.54, 1.807) is 0 Å². The summed E-state index contributed by atoms with van der Waals surface area (Å²) in [5.74, 6) is 0. The van der Waals surface area contributed by atoms with Gasteiger partial charge < -0.3 is 0 Å². The standard InChI is InChI=1S/C49H100ClN/c1-4-7-10-13-16-19-22-25-28-31-34-37-40-43-46-49(51-50,47-44-41-38-35-32-29-26-23-20-17-14-11-8-5-2)48-45-42-39-36-33-30-27-24-21-18-15-12-9-6-3/h51H,4-48H2,1-3H3. The Morgan fingerprint density at radius 2 is 0.373 bits per heavy atom. The summed E-state index contributed by atoms with van der Waals surface area (Å²) in [6.07, 6.45) is 64.2. The molecule has 1 N–H and O–H groups in total. The fourth-order valence-electron chi connectivity index (χ4n) is 8.49. The molecule has 0 aromatic carbocycles. The summed E-state index contributed by atoms with van der Waals surface area (Å²) in [6, 6.07) is 0. The topological polar surface area (TPSA) is 12.0 Å². The van der Waals surface area contributed by atoms with Gasteiger partial charge in [0.15, 0.2) is 0 Å². The molecule has 51 heavy (non-hydrogen) atoms. The van der Waals surface area contributed by atoms with Crippen molar-refractivity contribution in [3.8, 4) is 0 Å². The Labute approximate surface area is 330 Å². The highest BCUT2D eigenvalue weighted by molar-refractivity contribution is 6.13. The quantitative estimate of drug-likeness (QED) is 0.0484. The molecular formula is C49H100ClN. The van der Waals surface area contributed by atoms with Crippen molar-refractivity contribution >= 4 is 11.8 Å². The van der Waals surface area contributed by atoms with E-state index in [2.05, 4.69) is 25.6 Å². The highest BCUT2D eigenvalue weighted by atomic mass is 35.5. The van der Waals surface area contributed by atoms with Gasteiger partial charge in [-0.2, -0.15) is 0 Å². The van der Waals surface area contributed by atoms with Crippen LogP contribution in [-0.2, 0) is 0 Å². The molecule has 0 amide bonds. The zero-order chi connectivity index (χ0) is 37.0. The van der Waals surface area contributed by atoms with Crippen molar-refractivity contribution in [2.45, 2.75) is 315 Å². The number of rotatable bonds is 46. The predicted molar refractivity (Wildman–Crippen MR) is 237 cm³/mol. The molecule has 0 unspecified atom stereocenters. The van der Waals surface area contributed by atoms with E-state index >= 15 is 0 Å². The van der Waals surface area contributed by atoms with Crippen LogP contribution in [0, 0.1) is 0 Å². The van der Waals surface area contributed by atoms with E-state index < -0.39 is 0 Å². The molecule has 0 saturated carbocycles. The third-order valence-corrected chi connectivity index (χ3v) is 12.6. The molecule has 1 nitrogen and oxygen atoms in total. The molecular weight excluding hydrogens is 638 g/mol. The van der Waals surface area contributed by atoms with Crippen LogP contribution in [-0.4, -0.2) is 5.54 Å². The minimum atomic E-state index is 0.174. The van der Waals surface area contributed by atoms with Gasteiger partial charge in [-0.15, -0.1) is 0 Å².